The Morgan fingerprint density at radius 2 is 1.91 bits per heavy atom. The first-order valence-corrected chi connectivity index (χ1v) is 10.9. The lowest BCUT2D eigenvalue weighted by molar-refractivity contribution is -0.136. The van der Waals surface area contributed by atoms with E-state index in [-0.39, 0.29) is 25.1 Å². The van der Waals surface area contributed by atoms with Crippen LogP contribution in [0.3, 0.4) is 0 Å². The van der Waals surface area contributed by atoms with E-state index in [0.29, 0.717) is 21.9 Å². The standard InChI is InChI=1S/C24H24ClN3O4/c1-15(11-12-16-7-3-2-4-8-16)26-20(29)13-28-19-14-32-23(30)21(19)22(27-24(28)31)17-9-5-6-10-18(17)25/h2-10,15,22H,11-14H2,1H3,(H,26,29)(H,27,31)/t15-,22+/m1/s1. The van der Waals surface area contributed by atoms with E-state index < -0.39 is 18.0 Å². The van der Waals surface area contributed by atoms with Crippen LogP contribution in [0, 0.1) is 0 Å². The van der Waals surface area contributed by atoms with Gasteiger partial charge >= 0.3 is 12.0 Å². The number of amides is 3. The average molecular weight is 454 g/mol. The summed E-state index contributed by atoms with van der Waals surface area (Å²) in [6.07, 6.45) is 1.61. The first-order chi connectivity index (χ1) is 15.4. The van der Waals surface area contributed by atoms with E-state index in [4.69, 9.17) is 16.3 Å². The number of nitrogens with zero attached hydrogens (tertiary/aromatic N) is 1. The van der Waals surface area contributed by atoms with Gasteiger partial charge in [0.1, 0.15) is 13.2 Å². The van der Waals surface area contributed by atoms with Gasteiger partial charge in [-0.2, -0.15) is 0 Å². The van der Waals surface area contributed by atoms with Gasteiger partial charge in [-0.15, -0.1) is 0 Å². The highest BCUT2D eigenvalue weighted by Gasteiger charge is 2.43. The predicted molar refractivity (Wildman–Crippen MR) is 120 cm³/mol. The van der Waals surface area contributed by atoms with Crippen molar-refractivity contribution in [2.75, 3.05) is 13.2 Å². The molecule has 2 atom stereocenters. The summed E-state index contributed by atoms with van der Waals surface area (Å²) in [5, 5.41) is 6.16. The van der Waals surface area contributed by atoms with Crippen LogP contribution in [0.1, 0.15) is 30.5 Å². The number of halogens is 1. The molecule has 0 radical (unpaired) electrons. The Labute approximate surface area is 191 Å². The molecule has 32 heavy (non-hydrogen) atoms. The number of benzene rings is 2. The maximum atomic E-state index is 12.9. The molecule has 2 aromatic rings. The maximum absolute atomic E-state index is 12.9. The number of cyclic esters (lactones) is 1. The Morgan fingerprint density at radius 1 is 1.19 bits per heavy atom. The van der Waals surface area contributed by atoms with Gasteiger partial charge in [0.15, 0.2) is 0 Å². The lowest BCUT2D eigenvalue weighted by atomic mass is 9.95. The minimum Gasteiger partial charge on any atom is -0.456 e. The lowest BCUT2D eigenvalue weighted by Crippen LogP contribution is -2.51. The molecule has 2 aliphatic heterocycles. The second kappa shape index (κ2) is 9.44. The van der Waals surface area contributed by atoms with Crippen molar-refractivity contribution in [3.8, 4) is 0 Å². The number of urea groups is 1. The van der Waals surface area contributed by atoms with Crippen molar-refractivity contribution < 1.29 is 19.1 Å². The number of hydrogen-bond acceptors (Lipinski definition) is 4. The number of esters is 1. The van der Waals surface area contributed by atoms with Gasteiger partial charge in [-0.1, -0.05) is 60.1 Å². The van der Waals surface area contributed by atoms with Crippen molar-refractivity contribution in [2.24, 2.45) is 0 Å². The van der Waals surface area contributed by atoms with Gasteiger partial charge in [-0.3, -0.25) is 9.69 Å². The summed E-state index contributed by atoms with van der Waals surface area (Å²) in [5.41, 5.74) is 2.51. The summed E-state index contributed by atoms with van der Waals surface area (Å²) >= 11 is 6.29. The Morgan fingerprint density at radius 3 is 2.66 bits per heavy atom. The molecule has 0 fully saturated rings. The van der Waals surface area contributed by atoms with Gasteiger partial charge in [-0.05, 0) is 37.0 Å². The minimum absolute atomic E-state index is 0.0562. The lowest BCUT2D eigenvalue weighted by Gasteiger charge is -2.33. The van der Waals surface area contributed by atoms with Crippen LogP contribution in [0.5, 0.6) is 0 Å². The molecule has 4 rings (SSSR count). The van der Waals surface area contributed by atoms with E-state index in [2.05, 4.69) is 10.6 Å². The third kappa shape index (κ3) is 4.62. The Hall–Kier alpha value is -3.32. The molecule has 2 aromatic carbocycles. The van der Waals surface area contributed by atoms with Gasteiger partial charge < -0.3 is 15.4 Å². The molecule has 0 bridgehead atoms. The topological polar surface area (TPSA) is 87.7 Å². The van der Waals surface area contributed by atoms with Crippen LogP contribution in [0.25, 0.3) is 0 Å². The second-order valence-corrected chi connectivity index (χ2v) is 8.33. The summed E-state index contributed by atoms with van der Waals surface area (Å²) in [6.45, 7) is 1.67. The van der Waals surface area contributed by atoms with Crippen molar-refractivity contribution in [2.45, 2.75) is 31.8 Å². The zero-order valence-electron chi connectivity index (χ0n) is 17.6. The number of nitrogens with one attached hydrogen (secondary N) is 2. The van der Waals surface area contributed by atoms with E-state index in [0.717, 1.165) is 12.8 Å². The third-order valence-electron chi connectivity index (χ3n) is 5.63. The fourth-order valence-electron chi connectivity index (χ4n) is 3.98. The first kappa shape index (κ1) is 21.9. The van der Waals surface area contributed by atoms with Gasteiger partial charge in [0, 0.05) is 11.1 Å². The van der Waals surface area contributed by atoms with Crippen LogP contribution in [0.4, 0.5) is 4.79 Å². The number of carbonyl (C=O) groups is 3. The first-order valence-electron chi connectivity index (χ1n) is 10.5. The number of aryl methyl sites for hydroxylation is 1. The normalized spacial score (nSPS) is 18.7. The van der Waals surface area contributed by atoms with Gasteiger partial charge in [0.2, 0.25) is 5.91 Å². The second-order valence-electron chi connectivity index (χ2n) is 7.92. The van der Waals surface area contributed by atoms with Crippen LogP contribution in [0.2, 0.25) is 5.02 Å². The Balaban J connectivity index is 1.45. The monoisotopic (exact) mass is 453 g/mol. The largest absolute Gasteiger partial charge is 0.456 e. The molecular weight excluding hydrogens is 430 g/mol. The molecule has 0 saturated heterocycles. The van der Waals surface area contributed by atoms with E-state index in [1.165, 1.54) is 10.5 Å². The van der Waals surface area contributed by atoms with Crippen LogP contribution in [0.15, 0.2) is 65.9 Å². The molecule has 3 amide bonds. The fraction of sp³-hybridized carbons (Fsp3) is 0.292. The average Bonchev–Trinajstić information content (AvgIpc) is 3.17. The van der Waals surface area contributed by atoms with Gasteiger partial charge in [0.05, 0.1) is 17.3 Å². The summed E-state index contributed by atoms with van der Waals surface area (Å²) < 4.78 is 5.20. The van der Waals surface area contributed by atoms with Crippen LogP contribution < -0.4 is 10.6 Å². The molecule has 0 saturated carbocycles. The molecule has 0 unspecified atom stereocenters. The van der Waals surface area contributed by atoms with E-state index >= 15 is 0 Å². The van der Waals surface area contributed by atoms with Gasteiger partial charge in [-0.25, -0.2) is 9.59 Å². The van der Waals surface area contributed by atoms with Crippen LogP contribution >= 0.6 is 11.6 Å². The van der Waals surface area contributed by atoms with Crippen molar-refractivity contribution >= 4 is 29.5 Å². The highest BCUT2D eigenvalue weighted by Crippen LogP contribution is 2.37. The summed E-state index contributed by atoms with van der Waals surface area (Å²) in [4.78, 5) is 39.2. The summed E-state index contributed by atoms with van der Waals surface area (Å²) in [6, 6.07) is 15.8. The molecule has 2 aliphatic rings. The van der Waals surface area contributed by atoms with Crippen molar-refractivity contribution in [3.63, 3.8) is 0 Å². The highest BCUT2D eigenvalue weighted by atomic mass is 35.5. The molecule has 2 heterocycles. The minimum atomic E-state index is -0.717. The number of hydrogen-bond donors (Lipinski definition) is 2. The van der Waals surface area contributed by atoms with Gasteiger partial charge in [0.25, 0.3) is 0 Å². The Bertz CT molecular complexity index is 1070. The number of rotatable bonds is 7. The van der Waals surface area contributed by atoms with E-state index in [1.54, 1.807) is 24.3 Å². The number of ether oxygens (including phenoxy) is 1. The smallest absolute Gasteiger partial charge is 0.338 e. The summed E-state index contributed by atoms with van der Waals surface area (Å²) in [7, 11) is 0. The zero-order valence-corrected chi connectivity index (χ0v) is 18.4. The molecule has 166 valence electrons. The SMILES string of the molecule is C[C@H](CCc1ccccc1)NC(=O)CN1C(=O)N[C@@H](c2ccccc2Cl)C2=C1COC2=O. The molecule has 8 heteroatoms. The molecule has 0 spiro atoms. The van der Waals surface area contributed by atoms with Crippen LogP contribution in [-0.4, -0.2) is 42.0 Å². The molecular formula is C24H24ClN3O4. The highest BCUT2D eigenvalue weighted by molar-refractivity contribution is 6.31. The molecule has 2 N–H and O–H groups in total. The van der Waals surface area contributed by atoms with E-state index in [1.807, 2.05) is 37.3 Å². The molecule has 7 nitrogen and oxygen atoms in total. The van der Waals surface area contributed by atoms with E-state index in [9.17, 15) is 14.4 Å². The quantitative estimate of drug-likeness (QED) is 0.629. The van der Waals surface area contributed by atoms with Crippen molar-refractivity contribution in [1.29, 1.82) is 0 Å². The molecule has 0 aliphatic carbocycles. The van der Waals surface area contributed by atoms with Crippen molar-refractivity contribution in [1.82, 2.24) is 15.5 Å². The van der Waals surface area contributed by atoms with Crippen LogP contribution in [-0.2, 0) is 20.7 Å². The number of carbonyl (C=O) groups excluding carboxylic acids is 3. The summed E-state index contributed by atoms with van der Waals surface area (Å²) in [5.74, 6) is -0.824. The zero-order chi connectivity index (χ0) is 22.7. The third-order valence-corrected chi connectivity index (χ3v) is 5.98. The molecule has 0 aromatic heterocycles. The Kier molecular flexibility index (Phi) is 6.46. The predicted octanol–water partition coefficient (Wildman–Crippen LogP) is 3.35. The van der Waals surface area contributed by atoms with Crippen molar-refractivity contribution in [3.05, 3.63) is 82.0 Å². The maximum Gasteiger partial charge on any atom is 0.338 e. The fourth-order valence-corrected chi connectivity index (χ4v) is 4.23.